The Morgan fingerprint density at radius 1 is 1.32 bits per heavy atom. The molecule has 0 aliphatic carbocycles. The number of carbonyl (C=O) groups excluding carboxylic acids is 1. The van der Waals surface area contributed by atoms with Gasteiger partial charge < -0.3 is 15.4 Å². The highest BCUT2D eigenvalue weighted by molar-refractivity contribution is 6.32. The van der Waals surface area contributed by atoms with Crippen molar-refractivity contribution in [2.45, 2.75) is 12.8 Å². The lowest BCUT2D eigenvalue weighted by Gasteiger charge is -2.33. The molecule has 0 bridgehead atoms. The predicted octanol–water partition coefficient (Wildman–Crippen LogP) is 3.18. The van der Waals surface area contributed by atoms with Crippen molar-refractivity contribution >= 4 is 34.9 Å². The topological polar surface area (TPSA) is 81.3 Å². The smallest absolute Gasteiger partial charge is 0.252 e. The number of primary amides is 1. The van der Waals surface area contributed by atoms with E-state index in [1.54, 1.807) is 6.07 Å². The van der Waals surface area contributed by atoms with Crippen LogP contribution in [-0.4, -0.2) is 35.8 Å². The highest BCUT2D eigenvalue weighted by atomic mass is 35.5. The minimum absolute atomic E-state index is 0.146. The van der Waals surface area contributed by atoms with Crippen LogP contribution in [-0.2, 0) is 0 Å². The van der Waals surface area contributed by atoms with Gasteiger partial charge in [-0.3, -0.25) is 4.79 Å². The summed E-state index contributed by atoms with van der Waals surface area (Å²) in [5.41, 5.74) is 5.73. The number of rotatable bonds is 5. The molecule has 0 spiro atoms. The maximum atomic E-state index is 11.7. The molecule has 1 aliphatic heterocycles. The van der Waals surface area contributed by atoms with Crippen LogP contribution in [0.1, 0.15) is 23.2 Å². The maximum Gasteiger partial charge on any atom is 0.252 e. The van der Waals surface area contributed by atoms with E-state index in [2.05, 4.69) is 10.2 Å². The first-order valence-electron chi connectivity index (χ1n) is 8.00. The molecule has 1 aromatic carbocycles. The number of amides is 1. The number of hydrogen-bond donors (Lipinski definition) is 1. The van der Waals surface area contributed by atoms with E-state index in [4.69, 9.17) is 33.7 Å². The first-order valence-corrected chi connectivity index (χ1v) is 8.75. The van der Waals surface area contributed by atoms with Crippen molar-refractivity contribution in [3.05, 3.63) is 46.1 Å². The van der Waals surface area contributed by atoms with Crippen LogP contribution in [0.5, 0.6) is 5.75 Å². The summed E-state index contributed by atoms with van der Waals surface area (Å²) in [4.78, 5) is 13.7. The van der Waals surface area contributed by atoms with Gasteiger partial charge in [-0.05, 0) is 31.0 Å². The van der Waals surface area contributed by atoms with Crippen molar-refractivity contribution in [2.24, 2.45) is 11.7 Å². The fraction of sp³-hybridized carbons (Fsp3) is 0.353. The summed E-state index contributed by atoms with van der Waals surface area (Å²) >= 11 is 11.9. The van der Waals surface area contributed by atoms with E-state index in [0.717, 1.165) is 19.4 Å². The van der Waals surface area contributed by atoms with E-state index < -0.39 is 5.91 Å². The third-order valence-electron chi connectivity index (χ3n) is 4.14. The molecule has 2 aromatic rings. The molecule has 6 nitrogen and oxygen atoms in total. The fourth-order valence-electron chi connectivity index (χ4n) is 2.94. The number of para-hydroxylation sites is 1. The molecule has 1 fully saturated rings. The summed E-state index contributed by atoms with van der Waals surface area (Å²) in [5, 5.41) is 8.65. The normalized spacial score (nSPS) is 17.4. The van der Waals surface area contributed by atoms with E-state index in [-0.39, 0.29) is 16.6 Å². The second-order valence-electron chi connectivity index (χ2n) is 5.96. The predicted molar refractivity (Wildman–Crippen MR) is 97.4 cm³/mol. The van der Waals surface area contributed by atoms with Gasteiger partial charge in [0, 0.05) is 19.0 Å². The van der Waals surface area contributed by atoms with Crippen molar-refractivity contribution in [1.29, 1.82) is 0 Å². The van der Waals surface area contributed by atoms with E-state index in [0.29, 0.717) is 29.7 Å². The summed E-state index contributed by atoms with van der Waals surface area (Å²) in [7, 11) is 0. The second-order valence-corrected chi connectivity index (χ2v) is 6.76. The van der Waals surface area contributed by atoms with Crippen molar-refractivity contribution in [1.82, 2.24) is 10.2 Å². The van der Waals surface area contributed by atoms with Gasteiger partial charge in [-0.2, -0.15) is 0 Å². The number of ether oxygens (including phenoxy) is 1. The Kier molecular flexibility index (Phi) is 5.60. The average Bonchev–Trinajstić information content (AvgIpc) is 2.61. The van der Waals surface area contributed by atoms with E-state index >= 15 is 0 Å². The minimum Gasteiger partial charge on any atom is -0.492 e. The molecule has 2 heterocycles. The molecule has 1 atom stereocenters. The maximum absolute atomic E-state index is 11.7. The van der Waals surface area contributed by atoms with E-state index in [1.165, 1.54) is 6.07 Å². The summed E-state index contributed by atoms with van der Waals surface area (Å²) in [6, 6.07) is 8.85. The minimum atomic E-state index is -0.568. The third kappa shape index (κ3) is 4.32. The van der Waals surface area contributed by atoms with Crippen LogP contribution in [0.3, 0.4) is 0 Å². The number of hydrogen-bond acceptors (Lipinski definition) is 5. The lowest BCUT2D eigenvalue weighted by molar-refractivity contribution is 0.1000. The SMILES string of the molecule is NC(=O)c1cc(Cl)nnc1N1CCCC(COc2ccccc2Cl)C1. The largest absolute Gasteiger partial charge is 0.492 e. The molecule has 1 amide bonds. The zero-order chi connectivity index (χ0) is 17.8. The molecular formula is C17H18Cl2N4O2. The average molecular weight is 381 g/mol. The molecule has 132 valence electrons. The van der Waals surface area contributed by atoms with Gasteiger partial charge in [0.25, 0.3) is 5.91 Å². The number of halogens is 2. The Bertz CT molecular complexity index is 772. The Balaban J connectivity index is 1.69. The molecule has 1 saturated heterocycles. The van der Waals surface area contributed by atoms with Crippen molar-refractivity contribution < 1.29 is 9.53 Å². The van der Waals surface area contributed by atoms with E-state index in [1.807, 2.05) is 23.1 Å². The highest BCUT2D eigenvalue weighted by Gasteiger charge is 2.25. The van der Waals surface area contributed by atoms with Crippen LogP contribution in [0.2, 0.25) is 10.2 Å². The number of carbonyl (C=O) groups is 1. The molecule has 0 radical (unpaired) electrons. The fourth-order valence-corrected chi connectivity index (χ4v) is 3.28. The molecule has 1 aromatic heterocycles. The first-order chi connectivity index (χ1) is 12.0. The lowest BCUT2D eigenvalue weighted by atomic mass is 9.98. The highest BCUT2D eigenvalue weighted by Crippen LogP contribution is 2.28. The van der Waals surface area contributed by atoms with Crippen LogP contribution in [0.15, 0.2) is 30.3 Å². The van der Waals surface area contributed by atoms with Crippen LogP contribution >= 0.6 is 23.2 Å². The summed E-state index contributed by atoms with van der Waals surface area (Å²) in [6.45, 7) is 2.01. The van der Waals surface area contributed by atoms with Gasteiger partial charge in [-0.1, -0.05) is 35.3 Å². The summed E-state index contributed by atoms with van der Waals surface area (Å²) in [5.74, 6) is 0.856. The van der Waals surface area contributed by atoms with Gasteiger partial charge in [0.15, 0.2) is 11.0 Å². The number of anilines is 1. The molecule has 1 aliphatic rings. The number of piperidine rings is 1. The Morgan fingerprint density at radius 2 is 2.12 bits per heavy atom. The van der Waals surface area contributed by atoms with Gasteiger partial charge in [0.2, 0.25) is 0 Å². The molecule has 1 unspecified atom stereocenters. The number of benzene rings is 1. The quantitative estimate of drug-likeness (QED) is 0.861. The molecule has 25 heavy (non-hydrogen) atoms. The second kappa shape index (κ2) is 7.89. The zero-order valence-electron chi connectivity index (χ0n) is 13.5. The molecule has 2 N–H and O–H groups in total. The monoisotopic (exact) mass is 380 g/mol. The number of nitrogens with two attached hydrogens (primary N) is 1. The number of aromatic nitrogens is 2. The molecule has 0 saturated carbocycles. The van der Waals surface area contributed by atoms with Crippen LogP contribution in [0.4, 0.5) is 5.82 Å². The van der Waals surface area contributed by atoms with Crippen molar-refractivity contribution in [3.8, 4) is 5.75 Å². The van der Waals surface area contributed by atoms with Gasteiger partial charge in [-0.25, -0.2) is 0 Å². The Hall–Kier alpha value is -2.05. The summed E-state index contributed by atoms with van der Waals surface area (Å²) < 4.78 is 5.85. The third-order valence-corrected chi connectivity index (χ3v) is 4.64. The number of nitrogens with zero attached hydrogens (tertiary/aromatic N) is 3. The van der Waals surface area contributed by atoms with Crippen LogP contribution in [0.25, 0.3) is 0 Å². The summed E-state index contributed by atoms with van der Waals surface area (Å²) in [6.07, 6.45) is 1.98. The van der Waals surface area contributed by atoms with Crippen LogP contribution < -0.4 is 15.4 Å². The molecule has 8 heteroatoms. The van der Waals surface area contributed by atoms with Gasteiger partial charge >= 0.3 is 0 Å². The Morgan fingerprint density at radius 3 is 2.88 bits per heavy atom. The lowest BCUT2D eigenvalue weighted by Crippen LogP contribution is -2.39. The van der Waals surface area contributed by atoms with Crippen molar-refractivity contribution in [2.75, 3.05) is 24.6 Å². The standard InChI is InChI=1S/C17H18Cl2N4O2/c18-13-5-1-2-6-14(13)25-10-11-4-3-7-23(9-11)17-12(16(20)24)8-15(19)21-22-17/h1-2,5-6,8,11H,3-4,7,9-10H2,(H2,20,24). The molecular weight excluding hydrogens is 363 g/mol. The van der Waals surface area contributed by atoms with Gasteiger partial charge in [-0.15, -0.1) is 10.2 Å². The van der Waals surface area contributed by atoms with Gasteiger partial charge in [0.1, 0.15) is 5.75 Å². The zero-order valence-corrected chi connectivity index (χ0v) is 15.0. The molecule has 3 rings (SSSR count). The first kappa shape index (κ1) is 17.8. The van der Waals surface area contributed by atoms with E-state index in [9.17, 15) is 4.79 Å². The Labute approximate surface area is 155 Å². The van der Waals surface area contributed by atoms with Crippen LogP contribution in [0, 0.1) is 5.92 Å². The van der Waals surface area contributed by atoms with Gasteiger partial charge in [0.05, 0.1) is 17.2 Å². The van der Waals surface area contributed by atoms with Crippen molar-refractivity contribution in [3.63, 3.8) is 0 Å².